The van der Waals surface area contributed by atoms with Gasteiger partial charge in [0.15, 0.2) is 6.23 Å². The predicted octanol–water partition coefficient (Wildman–Crippen LogP) is 0.978. The van der Waals surface area contributed by atoms with Crippen molar-refractivity contribution < 1.29 is 14.6 Å². The molecule has 1 aromatic rings. The molecule has 0 aliphatic carbocycles. The second-order valence-electron chi connectivity index (χ2n) is 4.46. The summed E-state index contributed by atoms with van der Waals surface area (Å²) in [6.45, 7) is 3.09. The lowest BCUT2D eigenvalue weighted by Crippen LogP contribution is -2.44. The normalized spacial score (nSPS) is 12.0. The molecule has 0 fully saturated rings. The van der Waals surface area contributed by atoms with Crippen LogP contribution < -0.4 is 15.4 Å². The fraction of sp³-hybridized carbons (Fsp3) is 0.462. The zero-order valence-electron chi connectivity index (χ0n) is 11.5. The van der Waals surface area contributed by atoms with Crippen LogP contribution in [-0.2, 0) is 0 Å². The van der Waals surface area contributed by atoms with Gasteiger partial charge in [0, 0.05) is 13.1 Å². The van der Waals surface area contributed by atoms with Crippen molar-refractivity contribution in [3.05, 3.63) is 24.3 Å². The predicted molar refractivity (Wildman–Crippen MR) is 73.3 cm³/mol. The average molecular weight is 267 g/mol. The first-order chi connectivity index (χ1) is 8.97. The topological polar surface area (TPSA) is 73.8 Å². The molecular weight excluding hydrogens is 246 g/mol. The Morgan fingerprint density at radius 1 is 1.37 bits per heavy atom. The summed E-state index contributed by atoms with van der Waals surface area (Å²) in [6, 6.07) is 6.06. The number of amides is 2. The van der Waals surface area contributed by atoms with E-state index in [-0.39, 0.29) is 11.8 Å². The molecule has 19 heavy (non-hydrogen) atoms. The van der Waals surface area contributed by atoms with Crippen LogP contribution in [0.3, 0.4) is 0 Å². The zero-order valence-corrected chi connectivity index (χ0v) is 11.5. The summed E-state index contributed by atoms with van der Waals surface area (Å²) in [5.41, 5.74) is 0. The molecule has 0 radical (unpaired) electrons. The number of rotatable bonds is 6. The van der Waals surface area contributed by atoms with Gasteiger partial charge in [0.05, 0.1) is 0 Å². The van der Waals surface area contributed by atoms with E-state index < -0.39 is 6.23 Å². The van der Waals surface area contributed by atoms with Crippen LogP contribution in [-0.4, -0.2) is 49.5 Å². The van der Waals surface area contributed by atoms with Crippen LogP contribution in [0.25, 0.3) is 0 Å². The van der Waals surface area contributed by atoms with Crippen LogP contribution in [0, 0.1) is 0 Å². The molecular formula is C13H21N3O3. The largest absolute Gasteiger partial charge is 0.508 e. The monoisotopic (exact) mass is 267 g/mol. The molecule has 0 aromatic heterocycles. The number of phenols is 1. The highest BCUT2D eigenvalue weighted by Gasteiger charge is 2.07. The van der Waals surface area contributed by atoms with Crippen LogP contribution in [0.15, 0.2) is 24.3 Å². The van der Waals surface area contributed by atoms with Gasteiger partial charge in [0.25, 0.3) is 0 Å². The standard InChI is InChI=1S/C13H21N3O3/c1-10(15-13(18)14-8-9-16(2)3)19-12-6-4-11(17)5-7-12/h4-7,10,17H,8-9H2,1-3H3,(H2,14,15,18). The number of ether oxygens (including phenoxy) is 1. The van der Waals surface area contributed by atoms with E-state index >= 15 is 0 Å². The molecule has 2 amide bonds. The average Bonchev–Trinajstić information content (AvgIpc) is 2.31. The summed E-state index contributed by atoms with van der Waals surface area (Å²) < 4.78 is 5.47. The van der Waals surface area contributed by atoms with Gasteiger partial charge >= 0.3 is 6.03 Å². The third-order valence-electron chi connectivity index (χ3n) is 2.33. The van der Waals surface area contributed by atoms with Gasteiger partial charge in [0.1, 0.15) is 11.5 Å². The van der Waals surface area contributed by atoms with E-state index in [0.717, 1.165) is 6.54 Å². The smallest absolute Gasteiger partial charge is 0.317 e. The Labute approximate surface area is 113 Å². The Balaban J connectivity index is 2.28. The van der Waals surface area contributed by atoms with Crippen LogP contribution in [0.2, 0.25) is 0 Å². The molecule has 1 unspecified atom stereocenters. The van der Waals surface area contributed by atoms with Gasteiger partial charge in [-0.1, -0.05) is 0 Å². The van der Waals surface area contributed by atoms with Crippen molar-refractivity contribution in [2.24, 2.45) is 0 Å². The Morgan fingerprint density at radius 2 is 2.00 bits per heavy atom. The molecule has 1 aromatic carbocycles. The number of aromatic hydroxyl groups is 1. The summed E-state index contributed by atoms with van der Waals surface area (Å²) >= 11 is 0. The number of phenolic OH excluding ortho intramolecular Hbond substituents is 1. The van der Waals surface area contributed by atoms with Crippen LogP contribution >= 0.6 is 0 Å². The molecule has 0 aliphatic rings. The number of likely N-dealkylation sites (N-methyl/N-ethyl adjacent to an activating group) is 1. The van der Waals surface area contributed by atoms with Crippen LogP contribution in [0.4, 0.5) is 4.79 Å². The van der Waals surface area contributed by atoms with E-state index in [9.17, 15) is 4.79 Å². The Morgan fingerprint density at radius 3 is 2.58 bits per heavy atom. The van der Waals surface area contributed by atoms with Crippen molar-refractivity contribution in [2.75, 3.05) is 27.2 Å². The fourth-order valence-electron chi connectivity index (χ4n) is 1.39. The number of benzene rings is 1. The highest BCUT2D eigenvalue weighted by Crippen LogP contribution is 2.16. The van der Waals surface area contributed by atoms with Gasteiger partial charge in [-0.05, 0) is 45.3 Å². The number of urea groups is 1. The van der Waals surface area contributed by atoms with Crippen molar-refractivity contribution in [1.29, 1.82) is 0 Å². The lowest BCUT2D eigenvalue weighted by molar-refractivity contribution is 0.176. The Hall–Kier alpha value is -1.95. The maximum atomic E-state index is 11.5. The van der Waals surface area contributed by atoms with Crippen LogP contribution in [0.5, 0.6) is 11.5 Å². The number of hydrogen-bond acceptors (Lipinski definition) is 4. The SMILES string of the molecule is CC(NC(=O)NCCN(C)C)Oc1ccc(O)cc1. The summed E-state index contributed by atoms with van der Waals surface area (Å²) in [6.07, 6.45) is -0.455. The van der Waals surface area contributed by atoms with Gasteiger partial charge in [-0.3, -0.25) is 0 Å². The van der Waals surface area contributed by atoms with Gasteiger partial charge in [0.2, 0.25) is 0 Å². The van der Waals surface area contributed by atoms with E-state index in [1.807, 2.05) is 19.0 Å². The highest BCUT2D eigenvalue weighted by molar-refractivity contribution is 5.73. The minimum atomic E-state index is -0.455. The quantitative estimate of drug-likeness (QED) is 0.672. The second kappa shape index (κ2) is 7.48. The van der Waals surface area contributed by atoms with Gasteiger partial charge in [-0.15, -0.1) is 0 Å². The van der Waals surface area contributed by atoms with Crippen molar-refractivity contribution in [3.63, 3.8) is 0 Å². The number of carbonyl (C=O) groups excluding carboxylic acids is 1. The Kier molecular flexibility index (Phi) is 5.95. The van der Waals surface area contributed by atoms with Crippen molar-refractivity contribution in [1.82, 2.24) is 15.5 Å². The zero-order chi connectivity index (χ0) is 14.3. The Bertz CT molecular complexity index is 393. The third-order valence-corrected chi connectivity index (χ3v) is 2.33. The van der Waals surface area contributed by atoms with Gasteiger partial charge in [-0.2, -0.15) is 0 Å². The van der Waals surface area contributed by atoms with Crippen molar-refractivity contribution >= 4 is 6.03 Å². The van der Waals surface area contributed by atoms with E-state index in [1.165, 1.54) is 12.1 Å². The second-order valence-corrected chi connectivity index (χ2v) is 4.46. The van der Waals surface area contributed by atoms with Crippen molar-refractivity contribution in [3.8, 4) is 11.5 Å². The maximum absolute atomic E-state index is 11.5. The minimum absolute atomic E-state index is 0.175. The summed E-state index contributed by atoms with van der Waals surface area (Å²) in [7, 11) is 3.88. The molecule has 0 saturated carbocycles. The number of nitrogens with zero attached hydrogens (tertiary/aromatic N) is 1. The summed E-state index contributed by atoms with van der Waals surface area (Å²) in [5.74, 6) is 0.758. The molecule has 6 heteroatoms. The highest BCUT2D eigenvalue weighted by atomic mass is 16.5. The molecule has 0 bridgehead atoms. The number of nitrogens with one attached hydrogen (secondary N) is 2. The van der Waals surface area contributed by atoms with E-state index in [0.29, 0.717) is 12.3 Å². The van der Waals surface area contributed by atoms with Crippen molar-refractivity contribution in [2.45, 2.75) is 13.2 Å². The van der Waals surface area contributed by atoms with Gasteiger partial charge < -0.3 is 25.4 Å². The molecule has 3 N–H and O–H groups in total. The van der Waals surface area contributed by atoms with E-state index in [2.05, 4.69) is 10.6 Å². The molecule has 1 rings (SSSR count). The molecule has 0 aliphatic heterocycles. The first-order valence-corrected chi connectivity index (χ1v) is 6.12. The first kappa shape index (κ1) is 15.1. The lowest BCUT2D eigenvalue weighted by Gasteiger charge is -2.17. The molecule has 106 valence electrons. The maximum Gasteiger partial charge on any atom is 0.317 e. The molecule has 0 heterocycles. The number of hydrogen-bond donors (Lipinski definition) is 3. The van der Waals surface area contributed by atoms with Gasteiger partial charge in [-0.25, -0.2) is 4.79 Å². The minimum Gasteiger partial charge on any atom is -0.508 e. The summed E-state index contributed by atoms with van der Waals surface area (Å²) in [4.78, 5) is 13.5. The molecule has 6 nitrogen and oxygen atoms in total. The first-order valence-electron chi connectivity index (χ1n) is 6.12. The molecule has 0 saturated heterocycles. The molecule has 1 atom stereocenters. The van der Waals surface area contributed by atoms with Crippen LogP contribution in [0.1, 0.15) is 6.92 Å². The molecule has 0 spiro atoms. The summed E-state index contributed by atoms with van der Waals surface area (Å²) in [5, 5.41) is 14.5. The fourth-order valence-corrected chi connectivity index (χ4v) is 1.39. The van der Waals surface area contributed by atoms with E-state index in [1.54, 1.807) is 19.1 Å². The lowest BCUT2D eigenvalue weighted by atomic mass is 10.3. The van der Waals surface area contributed by atoms with E-state index in [4.69, 9.17) is 9.84 Å². The third kappa shape index (κ3) is 6.52. The number of carbonyl (C=O) groups is 1.